The number of aryl methyl sites for hydroxylation is 1. The SMILES string of the molecule is Cn1c(=O)c2c(nc(N3CCN(C(=O)Cc4ccccc4)CC3)n2Cc2ccc(Cl)cc2)n(C)c1=O. The number of halogens is 1. The van der Waals surface area contributed by atoms with E-state index in [4.69, 9.17) is 16.6 Å². The van der Waals surface area contributed by atoms with Crippen LogP contribution in [0.15, 0.2) is 64.2 Å². The van der Waals surface area contributed by atoms with Crippen molar-refractivity contribution in [3.63, 3.8) is 0 Å². The summed E-state index contributed by atoms with van der Waals surface area (Å²) in [4.78, 5) is 47.3. The summed E-state index contributed by atoms with van der Waals surface area (Å²) in [5.74, 6) is 0.695. The van der Waals surface area contributed by atoms with E-state index in [0.717, 1.165) is 15.7 Å². The van der Waals surface area contributed by atoms with Gasteiger partial charge >= 0.3 is 5.69 Å². The minimum atomic E-state index is -0.425. The molecule has 1 aliphatic heterocycles. The Morgan fingerprint density at radius 3 is 2.22 bits per heavy atom. The highest BCUT2D eigenvalue weighted by Crippen LogP contribution is 2.23. The van der Waals surface area contributed by atoms with E-state index in [0.29, 0.717) is 61.3 Å². The number of amides is 1. The van der Waals surface area contributed by atoms with Crippen molar-refractivity contribution >= 4 is 34.6 Å². The average Bonchev–Trinajstić information content (AvgIpc) is 3.27. The van der Waals surface area contributed by atoms with Crippen molar-refractivity contribution in [3.05, 3.63) is 91.6 Å². The molecule has 0 unspecified atom stereocenters. The molecular weight excluding hydrogens is 480 g/mol. The molecule has 0 saturated carbocycles. The van der Waals surface area contributed by atoms with Crippen molar-refractivity contribution in [3.8, 4) is 0 Å². The molecule has 0 aliphatic carbocycles. The van der Waals surface area contributed by atoms with E-state index in [1.165, 1.54) is 11.6 Å². The smallest absolute Gasteiger partial charge is 0.332 e. The molecule has 1 amide bonds. The molecule has 0 bridgehead atoms. The first-order chi connectivity index (χ1) is 17.3. The number of nitrogens with zero attached hydrogens (tertiary/aromatic N) is 6. The second kappa shape index (κ2) is 9.66. The number of benzene rings is 2. The van der Waals surface area contributed by atoms with Crippen molar-refractivity contribution < 1.29 is 4.79 Å². The van der Waals surface area contributed by atoms with Gasteiger partial charge < -0.3 is 9.80 Å². The summed E-state index contributed by atoms with van der Waals surface area (Å²) in [6, 6.07) is 17.1. The number of imidazole rings is 1. The average molecular weight is 507 g/mol. The number of rotatable bonds is 5. The van der Waals surface area contributed by atoms with Crippen molar-refractivity contribution in [1.29, 1.82) is 0 Å². The Morgan fingerprint density at radius 1 is 0.889 bits per heavy atom. The zero-order valence-corrected chi connectivity index (χ0v) is 21.0. The zero-order valence-electron chi connectivity index (χ0n) is 20.2. The molecule has 9 nitrogen and oxygen atoms in total. The number of piperazine rings is 1. The maximum Gasteiger partial charge on any atom is 0.332 e. The van der Waals surface area contributed by atoms with E-state index in [9.17, 15) is 14.4 Å². The summed E-state index contributed by atoms with van der Waals surface area (Å²) in [6.07, 6.45) is 0.369. The fourth-order valence-electron chi connectivity index (χ4n) is 4.64. The van der Waals surface area contributed by atoms with Crippen LogP contribution in [-0.4, -0.2) is 55.7 Å². The second-order valence-electron chi connectivity index (χ2n) is 9.03. The lowest BCUT2D eigenvalue weighted by Gasteiger charge is -2.35. The molecule has 186 valence electrons. The Balaban J connectivity index is 1.46. The summed E-state index contributed by atoms with van der Waals surface area (Å²) >= 11 is 6.07. The van der Waals surface area contributed by atoms with Gasteiger partial charge in [-0.15, -0.1) is 0 Å². The molecule has 1 fully saturated rings. The molecule has 2 aromatic heterocycles. The molecule has 4 aromatic rings. The highest BCUT2D eigenvalue weighted by Gasteiger charge is 2.27. The first-order valence-corrected chi connectivity index (χ1v) is 12.2. The van der Waals surface area contributed by atoms with E-state index >= 15 is 0 Å². The molecule has 2 aromatic carbocycles. The lowest BCUT2D eigenvalue weighted by Crippen LogP contribution is -2.50. The third-order valence-electron chi connectivity index (χ3n) is 6.70. The van der Waals surface area contributed by atoms with Crippen molar-refractivity contribution in [2.24, 2.45) is 14.1 Å². The Kier molecular flexibility index (Phi) is 6.40. The standard InChI is InChI=1S/C26H27ClN6O3/c1-29-23-22(24(35)30(2)26(29)36)33(17-19-8-10-20(27)11-9-19)25(28-23)32-14-12-31(13-15-32)21(34)16-18-6-4-3-5-7-18/h3-11H,12-17H2,1-2H3. The number of carbonyl (C=O) groups is 1. The van der Waals surface area contributed by atoms with Crippen LogP contribution in [0.5, 0.6) is 0 Å². The van der Waals surface area contributed by atoms with Crippen molar-refractivity contribution in [2.75, 3.05) is 31.1 Å². The Hall–Kier alpha value is -3.85. The van der Waals surface area contributed by atoms with Crippen LogP contribution >= 0.6 is 11.6 Å². The van der Waals surface area contributed by atoms with Crippen LogP contribution in [0, 0.1) is 0 Å². The van der Waals surface area contributed by atoms with Crippen molar-refractivity contribution in [2.45, 2.75) is 13.0 Å². The fourth-order valence-corrected chi connectivity index (χ4v) is 4.76. The lowest BCUT2D eigenvalue weighted by molar-refractivity contribution is -0.130. The number of carbonyl (C=O) groups excluding carboxylic acids is 1. The van der Waals surface area contributed by atoms with Gasteiger partial charge in [0.1, 0.15) is 0 Å². The van der Waals surface area contributed by atoms with Gasteiger partial charge in [-0.05, 0) is 23.3 Å². The summed E-state index contributed by atoms with van der Waals surface area (Å²) < 4.78 is 4.37. The highest BCUT2D eigenvalue weighted by molar-refractivity contribution is 6.30. The molecule has 10 heteroatoms. The van der Waals surface area contributed by atoms with E-state index in [2.05, 4.69) is 4.90 Å². The number of hydrogen-bond donors (Lipinski definition) is 0. The molecule has 0 atom stereocenters. The van der Waals surface area contributed by atoms with Gasteiger partial charge in [-0.3, -0.25) is 23.3 Å². The van der Waals surface area contributed by atoms with E-state index in [1.54, 1.807) is 19.2 Å². The summed E-state index contributed by atoms with van der Waals surface area (Å²) in [5.41, 5.74) is 1.84. The summed E-state index contributed by atoms with van der Waals surface area (Å²) in [6.45, 7) is 2.63. The van der Waals surface area contributed by atoms with Crippen LogP contribution in [0.3, 0.4) is 0 Å². The number of hydrogen-bond acceptors (Lipinski definition) is 5. The summed E-state index contributed by atoms with van der Waals surface area (Å²) in [7, 11) is 3.09. The van der Waals surface area contributed by atoms with Crippen LogP contribution in [-0.2, 0) is 31.9 Å². The van der Waals surface area contributed by atoms with Gasteiger partial charge in [0.15, 0.2) is 11.2 Å². The molecular formula is C26H27ClN6O3. The van der Waals surface area contributed by atoms with E-state index < -0.39 is 11.2 Å². The Bertz CT molecular complexity index is 1530. The lowest BCUT2D eigenvalue weighted by atomic mass is 10.1. The van der Waals surface area contributed by atoms with Gasteiger partial charge in [0.05, 0.1) is 13.0 Å². The molecule has 0 spiro atoms. The van der Waals surface area contributed by atoms with E-state index in [1.807, 2.05) is 51.9 Å². The van der Waals surface area contributed by atoms with Gasteiger partial charge in [0.2, 0.25) is 11.9 Å². The fraction of sp³-hybridized carbons (Fsp3) is 0.308. The quantitative estimate of drug-likeness (QED) is 0.413. The molecule has 1 aliphatic rings. The van der Waals surface area contributed by atoms with Gasteiger partial charge in [-0.1, -0.05) is 54.1 Å². The first kappa shape index (κ1) is 23.9. The van der Waals surface area contributed by atoms with E-state index in [-0.39, 0.29) is 5.91 Å². The highest BCUT2D eigenvalue weighted by atomic mass is 35.5. The van der Waals surface area contributed by atoms with Gasteiger partial charge in [-0.25, -0.2) is 4.79 Å². The number of aromatic nitrogens is 4. The van der Waals surface area contributed by atoms with Gasteiger partial charge in [0.25, 0.3) is 5.56 Å². The third kappa shape index (κ3) is 4.42. The van der Waals surface area contributed by atoms with Crippen LogP contribution in [0.2, 0.25) is 5.02 Å². The topological polar surface area (TPSA) is 85.4 Å². The Labute approximate surface area is 212 Å². The van der Waals surface area contributed by atoms with Gasteiger partial charge in [0, 0.05) is 45.3 Å². The predicted octanol–water partition coefficient (Wildman–Crippen LogP) is 2.03. The summed E-state index contributed by atoms with van der Waals surface area (Å²) in [5, 5.41) is 0.629. The number of fused-ring (bicyclic) bond motifs is 1. The zero-order chi connectivity index (χ0) is 25.4. The van der Waals surface area contributed by atoms with Crippen LogP contribution in [0.4, 0.5) is 5.95 Å². The number of anilines is 1. The molecule has 1 saturated heterocycles. The second-order valence-corrected chi connectivity index (χ2v) is 9.47. The normalized spacial score (nSPS) is 14.0. The van der Waals surface area contributed by atoms with Crippen LogP contribution in [0.25, 0.3) is 11.2 Å². The predicted molar refractivity (Wildman–Crippen MR) is 140 cm³/mol. The van der Waals surface area contributed by atoms with Gasteiger partial charge in [-0.2, -0.15) is 4.98 Å². The first-order valence-electron chi connectivity index (χ1n) is 11.8. The van der Waals surface area contributed by atoms with Crippen LogP contribution in [0.1, 0.15) is 11.1 Å². The molecule has 5 rings (SSSR count). The van der Waals surface area contributed by atoms with Crippen LogP contribution < -0.4 is 16.1 Å². The maximum absolute atomic E-state index is 13.2. The monoisotopic (exact) mass is 506 g/mol. The van der Waals surface area contributed by atoms with Crippen molar-refractivity contribution in [1.82, 2.24) is 23.6 Å². The molecule has 0 N–H and O–H groups in total. The minimum absolute atomic E-state index is 0.0896. The molecule has 0 radical (unpaired) electrons. The molecule has 36 heavy (non-hydrogen) atoms. The Morgan fingerprint density at radius 2 is 1.56 bits per heavy atom. The molecule has 3 heterocycles. The third-order valence-corrected chi connectivity index (χ3v) is 6.95. The minimum Gasteiger partial charge on any atom is -0.339 e. The maximum atomic E-state index is 13.2. The largest absolute Gasteiger partial charge is 0.339 e.